The molecule has 5 heteroatoms. The van der Waals surface area contributed by atoms with Crippen LogP contribution in [0.5, 0.6) is 11.5 Å². The minimum atomic E-state index is -0.772. The van der Waals surface area contributed by atoms with Crippen molar-refractivity contribution in [2.24, 2.45) is 0 Å². The van der Waals surface area contributed by atoms with Crippen molar-refractivity contribution in [2.45, 2.75) is 12.5 Å². The van der Waals surface area contributed by atoms with Crippen LogP contribution in [-0.4, -0.2) is 19.3 Å². The lowest BCUT2D eigenvalue weighted by atomic mass is 10.00. The van der Waals surface area contributed by atoms with Crippen LogP contribution in [-0.2, 0) is 6.42 Å². The Balaban J connectivity index is 2.31. The van der Waals surface area contributed by atoms with Gasteiger partial charge in [0.15, 0.2) is 0 Å². The average molecular weight is 327 g/mol. The third-order valence-electron chi connectivity index (χ3n) is 3.24. The molecule has 0 aliphatic carbocycles. The second kappa shape index (κ2) is 7.03. The Kier molecular flexibility index (Phi) is 5.34. The molecular weight excluding hydrogens is 311 g/mol. The van der Waals surface area contributed by atoms with Gasteiger partial charge in [-0.25, -0.2) is 0 Å². The summed E-state index contributed by atoms with van der Waals surface area (Å²) in [5.74, 6) is 1.25. The molecule has 0 heterocycles. The van der Waals surface area contributed by atoms with Gasteiger partial charge in [0.05, 0.1) is 30.4 Å². The van der Waals surface area contributed by atoms with Gasteiger partial charge in [0.1, 0.15) is 11.5 Å². The zero-order chi connectivity index (χ0) is 15.4. The van der Waals surface area contributed by atoms with Crippen LogP contribution in [0.3, 0.4) is 0 Å². The zero-order valence-electron chi connectivity index (χ0n) is 11.8. The van der Waals surface area contributed by atoms with Gasteiger partial charge in [0.2, 0.25) is 0 Å². The van der Waals surface area contributed by atoms with E-state index in [9.17, 15) is 5.11 Å². The average Bonchev–Trinajstić information content (AvgIpc) is 2.51. The minimum Gasteiger partial charge on any atom is -0.497 e. The molecule has 0 spiro atoms. The second-order valence-corrected chi connectivity index (χ2v) is 5.33. The van der Waals surface area contributed by atoms with Crippen molar-refractivity contribution in [1.29, 1.82) is 0 Å². The van der Waals surface area contributed by atoms with Gasteiger partial charge in [-0.05, 0) is 29.8 Å². The molecule has 112 valence electrons. The summed E-state index contributed by atoms with van der Waals surface area (Å²) >= 11 is 12.1. The molecule has 2 aromatic rings. The molecule has 0 amide bonds. The van der Waals surface area contributed by atoms with Crippen molar-refractivity contribution in [2.75, 3.05) is 14.2 Å². The van der Waals surface area contributed by atoms with E-state index in [0.717, 1.165) is 5.56 Å². The number of rotatable bonds is 5. The van der Waals surface area contributed by atoms with E-state index in [1.807, 2.05) is 6.07 Å². The third kappa shape index (κ3) is 3.62. The number of aliphatic hydroxyl groups is 1. The summed E-state index contributed by atoms with van der Waals surface area (Å²) in [5, 5.41) is 11.4. The molecule has 0 saturated heterocycles. The Morgan fingerprint density at radius 3 is 2.52 bits per heavy atom. The Morgan fingerprint density at radius 1 is 1.10 bits per heavy atom. The lowest BCUT2D eigenvalue weighted by Crippen LogP contribution is -2.05. The van der Waals surface area contributed by atoms with E-state index in [1.165, 1.54) is 0 Å². The normalized spacial score (nSPS) is 12.0. The van der Waals surface area contributed by atoms with E-state index in [2.05, 4.69) is 0 Å². The number of ether oxygens (including phenoxy) is 2. The Hall–Kier alpha value is -1.42. The molecule has 0 saturated carbocycles. The molecule has 0 radical (unpaired) electrons. The fraction of sp³-hybridized carbons (Fsp3) is 0.250. The highest BCUT2D eigenvalue weighted by molar-refractivity contribution is 6.42. The highest BCUT2D eigenvalue weighted by Gasteiger charge is 2.17. The van der Waals surface area contributed by atoms with Gasteiger partial charge in [-0.1, -0.05) is 35.3 Å². The molecular formula is C16H16Cl2O3. The largest absolute Gasteiger partial charge is 0.497 e. The second-order valence-electron chi connectivity index (χ2n) is 4.54. The number of hydrogen-bond acceptors (Lipinski definition) is 3. The molecule has 2 aromatic carbocycles. The monoisotopic (exact) mass is 326 g/mol. The quantitative estimate of drug-likeness (QED) is 0.890. The van der Waals surface area contributed by atoms with Gasteiger partial charge in [-0.3, -0.25) is 0 Å². The SMILES string of the molecule is COc1ccc(OC)c(C(O)Cc2cccc(Cl)c2Cl)c1. The molecule has 0 aliphatic rings. The molecule has 2 rings (SSSR count). The molecule has 0 aliphatic heterocycles. The number of halogens is 2. The Morgan fingerprint density at radius 2 is 1.86 bits per heavy atom. The number of hydrogen-bond donors (Lipinski definition) is 1. The molecule has 3 nitrogen and oxygen atoms in total. The van der Waals surface area contributed by atoms with Crippen LogP contribution in [0.4, 0.5) is 0 Å². The minimum absolute atomic E-state index is 0.336. The first kappa shape index (κ1) is 16.0. The summed E-state index contributed by atoms with van der Waals surface area (Å²) < 4.78 is 10.5. The molecule has 0 aromatic heterocycles. The topological polar surface area (TPSA) is 38.7 Å². The fourth-order valence-electron chi connectivity index (χ4n) is 2.12. The van der Waals surface area contributed by atoms with E-state index >= 15 is 0 Å². The van der Waals surface area contributed by atoms with Gasteiger partial charge in [-0.15, -0.1) is 0 Å². The van der Waals surface area contributed by atoms with E-state index < -0.39 is 6.10 Å². The van der Waals surface area contributed by atoms with E-state index in [0.29, 0.717) is 33.5 Å². The first-order valence-electron chi connectivity index (χ1n) is 6.39. The van der Waals surface area contributed by atoms with Crippen LogP contribution in [0.2, 0.25) is 10.0 Å². The van der Waals surface area contributed by atoms with Crippen molar-refractivity contribution in [1.82, 2.24) is 0 Å². The Bertz CT molecular complexity index is 629. The summed E-state index contributed by atoms with van der Waals surface area (Å²) in [6.07, 6.45) is -0.436. The first-order valence-corrected chi connectivity index (χ1v) is 7.15. The lowest BCUT2D eigenvalue weighted by molar-refractivity contribution is 0.173. The molecule has 21 heavy (non-hydrogen) atoms. The van der Waals surface area contributed by atoms with Gasteiger partial charge in [0, 0.05) is 12.0 Å². The van der Waals surface area contributed by atoms with Crippen LogP contribution >= 0.6 is 23.2 Å². The third-order valence-corrected chi connectivity index (χ3v) is 4.10. The number of benzene rings is 2. The van der Waals surface area contributed by atoms with Crippen LogP contribution in [0, 0.1) is 0 Å². The molecule has 0 fully saturated rings. The van der Waals surface area contributed by atoms with Crippen molar-refractivity contribution in [3.63, 3.8) is 0 Å². The summed E-state index contributed by atoms with van der Waals surface area (Å²) in [6, 6.07) is 10.6. The molecule has 1 unspecified atom stereocenters. The molecule has 1 atom stereocenters. The maximum Gasteiger partial charge on any atom is 0.124 e. The summed E-state index contributed by atoms with van der Waals surface area (Å²) in [4.78, 5) is 0. The van der Waals surface area contributed by atoms with Gasteiger partial charge in [-0.2, -0.15) is 0 Å². The maximum absolute atomic E-state index is 10.5. The van der Waals surface area contributed by atoms with Crippen molar-refractivity contribution >= 4 is 23.2 Å². The van der Waals surface area contributed by atoms with Gasteiger partial charge in [0.25, 0.3) is 0 Å². The van der Waals surface area contributed by atoms with Crippen molar-refractivity contribution < 1.29 is 14.6 Å². The van der Waals surface area contributed by atoms with Crippen LogP contribution in [0.1, 0.15) is 17.2 Å². The summed E-state index contributed by atoms with van der Waals surface area (Å²) in [5.41, 5.74) is 1.43. The Labute approximate surface area is 134 Å². The van der Waals surface area contributed by atoms with Crippen molar-refractivity contribution in [3.8, 4) is 11.5 Å². The molecule has 0 bridgehead atoms. The van der Waals surface area contributed by atoms with Crippen LogP contribution < -0.4 is 9.47 Å². The predicted octanol–water partition coefficient (Wildman–Crippen LogP) is 4.29. The summed E-state index contributed by atoms with van der Waals surface area (Å²) in [6.45, 7) is 0. The van der Waals surface area contributed by atoms with E-state index in [1.54, 1.807) is 44.6 Å². The standard InChI is InChI=1S/C16H16Cl2O3/c1-20-11-6-7-15(21-2)12(9-11)14(19)8-10-4-3-5-13(17)16(10)18/h3-7,9,14,19H,8H2,1-2H3. The van der Waals surface area contributed by atoms with Crippen LogP contribution in [0.25, 0.3) is 0 Å². The highest BCUT2D eigenvalue weighted by Crippen LogP contribution is 2.34. The number of aliphatic hydroxyl groups excluding tert-OH is 1. The predicted molar refractivity (Wildman–Crippen MR) is 84.7 cm³/mol. The first-order chi connectivity index (χ1) is 10.1. The molecule has 1 N–H and O–H groups in total. The van der Waals surface area contributed by atoms with Crippen LogP contribution in [0.15, 0.2) is 36.4 Å². The van der Waals surface area contributed by atoms with E-state index in [4.69, 9.17) is 32.7 Å². The fourth-order valence-corrected chi connectivity index (χ4v) is 2.52. The van der Waals surface area contributed by atoms with E-state index in [-0.39, 0.29) is 0 Å². The summed E-state index contributed by atoms with van der Waals surface area (Å²) in [7, 11) is 3.14. The maximum atomic E-state index is 10.5. The smallest absolute Gasteiger partial charge is 0.124 e. The number of methoxy groups -OCH3 is 2. The highest BCUT2D eigenvalue weighted by atomic mass is 35.5. The van der Waals surface area contributed by atoms with Gasteiger partial charge >= 0.3 is 0 Å². The zero-order valence-corrected chi connectivity index (χ0v) is 13.3. The van der Waals surface area contributed by atoms with Gasteiger partial charge < -0.3 is 14.6 Å². The van der Waals surface area contributed by atoms with Crippen molar-refractivity contribution in [3.05, 3.63) is 57.6 Å². The lowest BCUT2D eigenvalue weighted by Gasteiger charge is -2.17.